The highest BCUT2D eigenvalue weighted by Crippen LogP contribution is 2.35. The number of nitrogens with zero attached hydrogens (tertiary/aromatic N) is 2. The molecule has 2 heterocycles. The first-order valence-corrected chi connectivity index (χ1v) is 9.38. The number of aliphatic hydroxyl groups is 1. The maximum absolute atomic E-state index is 13.4. The summed E-state index contributed by atoms with van der Waals surface area (Å²) in [4.78, 5) is 19.3. The maximum atomic E-state index is 13.4. The molecule has 0 aliphatic heterocycles. The van der Waals surface area contributed by atoms with E-state index in [0.717, 1.165) is 41.8 Å². The number of aryl methyl sites for hydroxylation is 1. The van der Waals surface area contributed by atoms with Crippen LogP contribution in [0.1, 0.15) is 35.5 Å². The van der Waals surface area contributed by atoms with Crippen LogP contribution in [-0.2, 0) is 19.4 Å². The van der Waals surface area contributed by atoms with Crippen LogP contribution in [0.15, 0.2) is 29.3 Å². The number of rotatable bonds is 3. The molecule has 1 aromatic carbocycles. The second kappa shape index (κ2) is 6.55. The third-order valence-electron chi connectivity index (χ3n) is 4.98. The van der Waals surface area contributed by atoms with E-state index in [0.29, 0.717) is 11.3 Å². The van der Waals surface area contributed by atoms with Gasteiger partial charge in [0, 0.05) is 4.88 Å². The summed E-state index contributed by atoms with van der Waals surface area (Å²) < 4.78 is 27.8. The van der Waals surface area contributed by atoms with Crippen molar-refractivity contribution in [2.75, 3.05) is 0 Å². The smallest absolute Gasteiger partial charge is 0.262 e. The Balaban J connectivity index is 1.70. The number of benzene rings is 1. The average molecular weight is 376 g/mol. The summed E-state index contributed by atoms with van der Waals surface area (Å²) in [6.45, 7) is 2.14. The van der Waals surface area contributed by atoms with Gasteiger partial charge in [0.15, 0.2) is 11.6 Å². The normalized spacial score (nSPS) is 18.1. The van der Waals surface area contributed by atoms with Crippen molar-refractivity contribution in [2.45, 2.75) is 38.8 Å². The summed E-state index contributed by atoms with van der Waals surface area (Å²) in [5, 5.41) is 11.0. The monoisotopic (exact) mass is 376 g/mol. The highest BCUT2D eigenvalue weighted by atomic mass is 32.1. The van der Waals surface area contributed by atoms with E-state index in [9.17, 15) is 18.7 Å². The maximum Gasteiger partial charge on any atom is 0.262 e. The van der Waals surface area contributed by atoms with Crippen LogP contribution in [0.2, 0.25) is 0 Å². The molecule has 7 heteroatoms. The minimum atomic E-state index is -1.13. The molecule has 0 saturated heterocycles. The predicted molar refractivity (Wildman–Crippen MR) is 96.4 cm³/mol. The van der Waals surface area contributed by atoms with Crippen LogP contribution in [0, 0.1) is 17.6 Å². The number of hydrogen-bond donors (Lipinski definition) is 1. The van der Waals surface area contributed by atoms with Gasteiger partial charge >= 0.3 is 0 Å². The van der Waals surface area contributed by atoms with Crippen LogP contribution in [0.5, 0.6) is 0 Å². The van der Waals surface area contributed by atoms with Crippen LogP contribution in [0.25, 0.3) is 10.2 Å². The molecule has 0 saturated carbocycles. The summed E-state index contributed by atoms with van der Waals surface area (Å²) in [6, 6.07) is 3.23. The number of hydrogen-bond acceptors (Lipinski definition) is 4. The van der Waals surface area contributed by atoms with Gasteiger partial charge in [-0.3, -0.25) is 9.36 Å². The van der Waals surface area contributed by atoms with Crippen molar-refractivity contribution in [1.29, 1.82) is 0 Å². The Morgan fingerprint density at radius 2 is 2.19 bits per heavy atom. The lowest BCUT2D eigenvalue weighted by Crippen LogP contribution is -2.24. The highest BCUT2D eigenvalue weighted by molar-refractivity contribution is 7.18. The molecule has 2 atom stereocenters. The van der Waals surface area contributed by atoms with Crippen LogP contribution >= 0.6 is 11.3 Å². The minimum absolute atomic E-state index is 0.0616. The number of aromatic nitrogens is 2. The fourth-order valence-electron chi connectivity index (χ4n) is 3.51. The number of thiophene rings is 1. The Bertz CT molecular complexity index is 1040. The molecule has 0 amide bonds. The van der Waals surface area contributed by atoms with Crippen molar-refractivity contribution in [3.8, 4) is 0 Å². The molecular formula is C19H18F2N2O2S. The summed E-state index contributed by atoms with van der Waals surface area (Å²) >= 11 is 1.57. The molecule has 1 aliphatic rings. The molecule has 1 aliphatic carbocycles. The Morgan fingerprint density at radius 3 is 2.96 bits per heavy atom. The third-order valence-corrected chi connectivity index (χ3v) is 6.14. The molecule has 0 unspecified atom stereocenters. The fourth-order valence-corrected chi connectivity index (χ4v) is 4.85. The summed E-state index contributed by atoms with van der Waals surface area (Å²) in [5.74, 6) is -1.39. The zero-order valence-electron chi connectivity index (χ0n) is 14.2. The highest BCUT2D eigenvalue weighted by Gasteiger charge is 2.23. The Hall–Kier alpha value is -2.12. The summed E-state index contributed by atoms with van der Waals surface area (Å²) in [5.41, 5.74) is 1.11. The van der Waals surface area contributed by atoms with E-state index < -0.39 is 17.7 Å². The summed E-state index contributed by atoms with van der Waals surface area (Å²) in [6.07, 6.45) is 3.16. The molecule has 0 radical (unpaired) electrons. The largest absolute Gasteiger partial charge is 0.387 e. The fraction of sp³-hybridized carbons (Fsp3) is 0.368. The Labute approximate surface area is 152 Å². The SMILES string of the molecule is C[C@H]1CCc2c(sc3ncn(C[C@H](O)c4ccc(F)c(F)c4)c(=O)c23)C1. The van der Waals surface area contributed by atoms with Gasteiger partial charge in [-0.05, 0) is 48.4 Å². The van der Waals surface area contributed by atoms with Gasteiger partial charge in [-0.25, -0.2) is 13.8 Å². The van der Waals surface area contributed by atoms with Gasteiger partial charge in [0.25, 0.3) is 5.56 Å². The van der Waals surface area contributed by atoms with Gasteiger partial charge in [-0.15, -0.1) is 11.3 Å². The molecule has 4 nitrogen and oxygen atoms in total. The van der Waals surface area contributed by atoms with E-state index >= 15 is 0 Å². The Kier molecular flexibility index (Phi) is 4.36. The van der Waals surface area contributed by atoms with Crippen molar-refractivity contribution < 1.29 is 13.9 Å². The van der Waals surface area contributed by atoms with Crippen LogP contribution in [0.4, 0.5) is 8.78 Å². The van der Waals surface area contributed by atoms with Gasteiger partial charge < -0.3 is 5.11 Å². The lowest BCUT2D eigenvalue weighted by molar-refractivity contribution is 0.154. The van der Waals surface area contributed by atoms with E-state index in [-0.39, 0.29) is 17.7 Å². The van der Waals surface area contributed by atoms with Gasteiger partial charge in [-0.1, -0.05) is 13.0 Å². The van der Waals surface area contributed by atoms with Crippen molar-refractivity contribution in [1.82, 2.24) is 9.55 Å². The standard InChI is InChI=1S/C19H18F2N2O2S/c1-10-2-4-12-16(6-10)26-18-17(12)19(25)23(9-22-18)8-15(24)11-3-5-13(20)14(21)7-11/h3,5,7,9-10,15,24H,2,4,6,8H2,1H3/t10-,15-/m0/s1. The van der Waals surface area contributed by atoms with E-state index in [2.05, 4.69) is 11.9 Å². The first-order chi connectivity index (χ1) is 12.4. The quantitative estimate of drug-likeness (QED) is 0.760. The predicted octanol–water partition coefficient (Wildman–Crippen LogP) is 3.59. The lowest BCUT2D eigenvalue weighted by atomic mass is 9.89. The van der Waals surface area contributed by atoms with E-state index in [1.165, 1.54) is 21.8 Å². The minimum Gasteiger partial charge on any atom is -0.387 e. The first-order valence-electron chi connectivity index (χ1n) is 8.56. The second-order valence-electron chi connectivity index (χ2n) is 6.92. The van der Waals surface area contributed by atoms with Crippen molar-refractivity contribution in [3.05, 3.63) is 62.5 Å². The molecule has 0 fully saturated rings. The van der Waals surface area contributed by atoms with E-state index in [1.807, 2.05) is 0 Å². The lowest BCUT2D eigenvalue weighted by Gasteiger charge is -2.17. The van der Waals surface area contributed by atoms with Crippen LogP contribution < -0.4 is 5.56 Å². The molecule has 4 rings (SSSR count). The molecule has 26 heavy (non-hydrogen) atoms. The average Bonchev–Trinajstić information content (AvgIpc) is 2.97. The Morgan fingerprint density at radius 1 is 1.38 bits per heavy atom. The van der Waals surface area contributed by atoms with Crippen molar-refractivity contribution in [2.24, 2.45) is 5.92 Å². The molecular weight excluding hydrogens is 358 g/mol. The van der Waals surface area contributed by atoms with Gasteiger partial charge in [-0.2, -0.15) is 0 Å². The third kappa shape index (κ3) is 2.95. The topological polar surface area (TPSA) is 55.1 Å². The second-order valence-corrected chi connectivity index (χ2v) is 8.01. The zero-order valence-corrected chi connectivity index (χ0v) is 15.0. The van der Waals surface area contributed by atoms with E-state index in [4.69, 9.17) is 0 Å². The van der Waals surface area contributed by atoms with Gasteiger partial charge in [0.05, 0.1) is 24.4 Å². The van der Waals surface area contributed by atoms with Crippen molar-refractivity contribution >= 4 is 21.6 Å². The van der Waals surface area contributed by atoms with E-state index in [1.54, 1.807) is 11.3 Å². The van der Waals surface area contributed by atoms with Crippen molar-refractivity contribution in [3.63, 3.8) is 0 Å². The molecule has 136 valence electrons. The molecule has 3 aromatic rings. The molecule has 0 spiro atoms. The molecule has 0 bridgehead atoms. The van der Waals surface area contributed by atoms with Gasteiger partial charge in [0.1, 0.15) is 4.83 Å². The first kappa shape index (κ1) is 17.3. The van der Waals surface area contributed by atoms with Crippen LogP contribution in [0.3, 0.4) is 0 Å². The van der Waals surface area contributed by atoms with Crippen LogP contribution in [-0.4, -0.2) is 14.7 Å². The van der Waals surface area contributed by atoms with Gasteiger partial charge in [0.2, 0.25) is 0 Å². The number of halogens is 2. The zero-order chi connectivity index (χ0) is 18.4. The summed E-state index contributed by atoms with van der Waals surface area (Å²) in [7, 11) is 0. The number of fused-ring (bicyclic) bond motifs is 3. The molecule has 2 aromatic heterocycles. The number of aliphatic hydroxyl groups excluding tert-OH is 1. The molecule has 1 N–H and O–H groups in total.